The first-order chi connectivity index (χ1) is 9.38. The summed E-state index contributed by atoms with van der Waals surface area (Å²) in [6.45, 7) is 3.77. The first-order valence-corrected chi connectivity index (χ1v) is 6.18. The highest BCUT2D eigenvalue weighted by Crippen LogP contribution is 2.20. The summed E-state index contributed by atoms with van der Waals surface area (Å²) in [7, 11) is 0. The molecule has 7 heteroatoms. The van der Waals surface area contributed by atoms with Gasteiger partial charge < -0.3 is 15.7 Å². The number of carbonyl (C=O) groups excluding carboxylic acids is 1. The van der Waals surface area contributed by atoms with Gasteiger partial charge in [-0.3, -0.25) is 0 Å². The Bertz CT molecular complexity index is 517. The van der Waals surface area contributed by atoms with Crippen molar-refractivity contribution in [1.82, 2.24) is 5.32 Å². The van der Waals surface area contributed by atoms with Crippen molar-refractivity contribution in [2.24, 2.45) is 0 Å². The molecule has 0 atom stereocenters. The fourth-order valence-corrected chi connectivity index (χ4v) is 1.66. The molecule has 2 amide bonds. The van der Waals surface area contributed by atoms with E-state index in [-0.39, 0.29) is 11.7 Å². The molecule has 110 valence electrons. The van der Waals surface area contributed by atoms with Crippen LogP contribution in [0.15, 0.2) is 12.1 Å². The number of rotatable bonds is 5. The summed E-state index contributed by atoms with van der Waals surface area (Å²) >= 11 is 0. The Balaban J connectivity index is 2.94. The van der Waals surface area contributed by atoms with E-state index in [2.05, 4.69) is 10.6 Å². The molecular formula is C13H16F2N2O3. The number of carboxylic acid groups (broad SMARTS) is 1. The fourth-order valence-electron chi connectivity index (χ4n) is 1.66. The smallest absolute Gasteiger partial charge is 0.337 e. The minimum atomic E-state index is -1.46. The molecule has 1 aromatic carbocycles. The zero-order chi connectivity index (χ0) is 15.3. The molecule has 3 N–H and O–H groups in total. The number of hydrogen-bond acceptors (Lipinski definition) is 2. The quantitative estimate of drug-likeness (QED) is 0.778. The number of carbonyl (C=O) groups is 2. The van der Waals surface area contributed by atoms with Crippen LogP contribution in [0.25, 0.3) is 0 Å². The minimum Gasteiger partial charge on any atom is -0.478 e. The van der Waals surface area contributed by atoms with Crippen LogP contribution in [0.4, 0.5) is 19.3 Å². The molecule has 0 saturated carbocycles. The van der Waals surface area contributed by atoms with Crippen LogP contribution >= 0.6 is 0 Å². The molecule has 0 bridgehead atoms. The monoisotopic (exact) mass is 286 g/mol. The zero-order valence-corrected chi connectivity index (χ0v) is 11.2. The third-order valence-corrected chi connectivity index (χ3v) is 2.86. The van der Waals surface area contributed by atoms with Gasteiger partial charge in [0.25, 0.3) is 0 Å². The van der Waals surface area contributed by atoms with Gasteiger partial charge in [0.05, 0.1) is 11.3 Å². The van der Waals surface area contributed by atoms with Crippen molar-refractivity contribution in [3.05, 3.63) is 29.3 Å². The molecular weight excluding hydrogens is 270 g/mol. The van der Waals surface area contributed by atoms with E-state index in [0.29, 0.717) is 25.0 Å². The van der Waals surface area contributed by atoms with Gasteiger partial charge in [0.2, 0.25) is 0 Å². The van der Waals surface area contributed by atoms with Crippen LogP contribution in [0.1, 0.15) is 37.0 Å². The van der Waals surface area contributed by atoms with Gasteiger partial charge in [-0.1, -0.05) is 13.8 Å². The number of anilines is 1. The van der Waals surface area contributed by atoms with Crippen LogP contribution < -0.4 is 10.6 Å². The van der Waals surface area contributed by atoms with E-state index in [1.54, 1.807) is 0 Å². The average molecular weight is 286 g/mol. The van der Waals surface area contributed by atoms with Gasteiger partial charge in [0, 0.05) is 12.1 Å². The van der Waals surface area contributed by atoms with Crippen LogP contribution in [-0.4, -0.2) is 23.1 Å². The van der Waals surface area contributed by atoms with E-state index in [0.717, 1.165) is 0 Å². The summed E-state index contributed by atoms with van der Waals surface area (Å²) in [6.07, 6.45) is 1.40. The first kappa shape index (κ1) is 15.9. The predicted molar refractivity (Wildman–Crippen MR) is 69.8 cm³/mol. The Morgan fingerprint density at radius 2 is 1.75 bits per heavy atom. The Labute approximate surface area is 115 Å². The van der Waals surface area contributed by atoms with Crippen molar-refractivity contribution in [2.45, 2.75) is 32.7 Å². The van der Waals surface area contributed by atoms with Gasteiger partial charge in [0.15, 0.2) is 11.6 Å². The van der Waals surface area contributed by atoms with Crippen molar-refractivity contribution in [3.63, 3.8) is 0 Å². The van der Waals surface area contributed by atoms with Crippen LogP contribution in [0.5, 0.6) is 0 Å². The van der Waals surface area contributed by atoms with E-state index in [9.17, 15) is 18.4 Å². The van der Waals surface area contributed by atoms with Crippen LogP contribution in [0.2, 0.25) is 0 Å². The van der Waals surface area contributed by atoms with E-state index in [1.165, 1.54) is 0 Å². The van der Waals surface area contributed by atoms with E-state index in [1.807, 2.05) is 13.8 Å². The van der Waals surface area contributed by atoms with Crippen molar-refractivity contribution in [3.8, 4) is 0 Å². The van der Waals surface area contributed by atoms with Gasteiger partial charge in [-0.2, -0.15) is 0 Å². The molecule has 0 aliphatic heterocycles. The number of aromatic carboxylic acids is 1. The molecule has 0 spiro atoms. The number of hydrogen-bond donors (Lipinski definition) is 3. The van der Waals surface area contributed by atoms with Gasteiger partial charge in [0.1, 0.15) is 0 Å². The lowest BCUT2D eigenvalue weighted by atomic mass is 10.1. The molecule has 0 heterocycles. The molecule has 0 saturated heterocycles. The maximum absolute atomic E-state index is 13.1. The Kier molecular flexibility index (Phi) is 5.42. The molecule has 5 nitrogen and oxygen atoms in total. The second-order valence-corrected chi connectivity index (χ2v) is 4.23. The topological polar surface area (TPSA) is 78.4 Å². The molecule has 20 heavy (non-hydrogen) atoms. The summed E-state index contributed by atoms with van der Waals surface area (Å²) in [6, 6.07) is 0.441. The van der Waals surface area contributed by atoms with Gasteiger partial charge in [-0.15, -0.1) is 0 Å². The normalized spacial score (nSPS) is 10.4. The van der Waals surface area contributed by atoms with Crippen molar-refractivity contribution < 1.29 is 23.5 Å². The maximum atomic E-state index is 13.1. The summed E-state index contributed by atoms with van der Waals surface area (Å²) in [5.41, 5.74) is -0.802. The van der Waals surface area contributed by atoms with Gasteiger partial charge in [-0.05, 0) is 18.9 Å². The van der Waals surface area contributed by atoms with E-state index in [4.69, 9.17) is 5.11 Å². The molecule has 0 aliphatic carbocycles. The molecule has 0 radical (unpaired) electrons. The lowest BCUT2D eigenvalue weighted by Gasteiger charge is -2.16. The Morgan fingerprint density at radius 3 is 2.25 bits per heavy atom. The number of carboxylic acids is 1. The highest BCUT2D eigenvalue weighted by atomic mass is 19.2. The second-order valence-electron chi connectivity index (χ2n) is 4.23. The van der Waals surface area contributed by atoms with Gasteiger partial charge in [-0.25, -0.2) is 18.4 Å². The average Bonchev–Trinajstić information content (AvgIpc) is 2.39. The number of urea groups is 1. The number of benzene rings is 1. The van der Waals surface area contributed by atoms with Crippen molar-refractivity contribution in [1.29, 1.82) is 0 Å². The predicted octanol–water partition coefficient (Wildman–Crippen LogP) is 2.97. The van der Waals surface area contributed by atoms with E-state index < -0.39 is 29.2 Å². The lowest BCUT2D eigenvalue weighted by Crippen LogP contribution is -2.37. The third-order valence-electron chi connectivity index (χ3n) is 2.86. The highest BCUT2D eigenvalue weighted by molar-refractivity contribution is 6.00. The lowest BCUT2D eigenvalue weighted by molar-refractivity contribution is 0.0697. The summed E-state index contributed by atoms with van der Waals surface area (Å²) < 4.78 is 26.1. The van der Waals surface area contributed by atoms with Crippen LogP contribution in [0, 0.1) is 11.6 Å². The molecule has 0 aliphatic rings. The highest BCUT2D eigenvalue weighted by Gasteiger charge is 2.17. The third kappa shape index (κ3) is 3.91. The molecule has 1 rings (SSSR count). The molecule has 0 fully saturated rings. The zero-order valence-electron chi connectivity index (χ0n) is 11.2. The summed E-state index contributed by atoms with van der Waals surface area (Å²) in [4.78, 5) is 22.6. The van der Waals surface area contributed by atoms with Gasteiger partial charge >= 0.3 is 12.0 Å². The first-order valence-electron chi connectivity index (χ1n) is 6.18. The second kappa shape index (κ2) is 6.83. The SMILES string of the molecule is CCC(CC)NC(=O)Nc1cc(F)c(F)cc1C(=O)O. The summed E-state index contributed by atoms with van der Waals surface area (Å²) in [5, 5.41) is 13.7. The number of amides is 2. The molecule has 0 aromatic heterocycles. The Morgan fingerprint density at radius 1 is 1.20 bits per heavy atom. The standard InChI is InChI=1S/C13H16F2N2O3/c1-3-7(4-2)16-13(20)17-11-6-10(15)9(14)5-8(11)12(18)19/h5-7H,3-4H2,1-2H3,(H,18,19)(H2,16,17,20). The minimum absolute atomic E-state index is 0.0754. The number of nitrogens with one attached hydrogen (secondary N) is 2. The number of halogens is 2. The maximum Gasteiger partial charge on any atom is 0.337 e. The fraction of sp³-hybridized carbons (Fsp3) is 0.385. The van der Waals surface area contributed by atoms with Crippen molar-refractivity contribution in [2.75, 3.05) is 5.32 Å². The van der Waals surface area contributed by atoms with Crippen molar-refractivity contribution >= 4 is 17.7 Å². The Hall–Kier alpha value is -2.18. The van der Waals surface area contributed by atoms with Crippen LogP contribution in [0.3, 0.4) is 0 Å². The van der Waals surface area contributed by atoms with E-state index >= 15 is 0 Å². The summed E-state index contributed by atoms with van der Waals surface area (Å²) in [5.74, 6) is -3.97. The molecule has 1 aromatic rings. The van der Waals surface area contributed by atoms with Crippen LogP contribution in [-0.2, 0) is 0 Å². The molecule has 0 unspecified atom stereocenters. The largest absolute Gasteiger partial charge is 0.478 e.